The Kier molecular flexibility index (Phi) is 5.49. The molecule has 0 spiro atoms. The van der Waals surface area contributed by atoms with Crippen LogP contribution in [0.5, 0.6) is 0 Å². The van der Waals surface area contributed by atoms with Gasteiger partial charge in [0.1, 0.15) is 11.6 Å². The lowest BCUT2D eigenvalue weighted by Gasteiger charge is -2.38. The highest BCUT2D eigenvalue weighted by Crippen LogP contribution is 2.42. The lowest BCUT2D eigenvalue weighted by atomic mass is 9.74. The van der Waals surface area contributed by atoms with Crippen molar-refractivity contribution in [3.05, 3.63) is 82.1 Å². The molecule has 1 N–H and O–H groups in total. The number of hydrogen-bond acceptors (Lipinski definition) is 2. The highest BCUT2D eigenvalue weighted by atomic mass is 19.4. The summed E-state index contributed by atoms with van der Waals surface area (Å²) in [4.78, 5) is 12.0. The van der Waals surface area contributed by atoms with Crippen molar-refractivity contribution in [1.82, 2.24) is 4.57 Å². The number of nitrogens with zero attached hydrogens (tertiary/aromatic N) is 1. The molecule has 0 saturated heterocycles. The van der Waals surface area contributed by atoms with Crippen molar-refractivity contribution < 1.29 is 27.1 Å². The zero-order chi connectivity index (χ0) is 22.3. The van der Waals surface area contributed by atoms with Crippen LogP contribution in [0.3, 0.4) is 0 Å². The molecule has 1 atom stereocenters. The average molecular weight is 425 g/mol. The molecule has 1 heterocycles. The van der Waals surface area contributed by atoms with Gasteiger partial charge in [-0.1, -0.05) is 26.0 Å². The molecular weight excluding hydrogens is 405 g/mol. The van der Waals surface area contributed by atoms with E-state index in [4.69, 9.17) is 0 Å². The van der Waals surface area contributed by atoms with Crippen LogP contribution < -0.4 is 5.43 Å². The number of aliphatic hydroxyl groups is 1. The van der Waals surface area contributed by atoms with Gasteiger partial charge in [0.25, 0.3) is 0 Å². The Morgan fingerprint density at radius 1 is 0.967 bits per heavy atom. The lowest BCUT2D eigenvalue weighted by molar-refractivity contribution is -0.271. The zero-order valence-corrected chi connectivity index (χ0v) is 16.3. The third kappa shape index (κ3) is 4.23. The van der Waals surface area contributed by atoms with Crippen molar-refractivity contribution in [1.29, 1.82) is 0 Å². The Bertz CT molecular complexity index is 1120. The van der Waals surface area contributed by atoms with E-state index in [2.05, 4.69) is 0 Å². The number of halogens is 5. The van der Waals surface area contributed by atoms with E-state index >= 15 is 0 Å². The molecule has 1 aromatic heterocycles. The predicted octanol–water partition coefficient (Wildman–Crippen LogP) is 4.94. The van der Waals surface area contributed by atoms with Crippen LogP contribution in [0.4, 0.5) is 22.0 Å². The summed E-state index contributed by atoms with van der Waals surface area (Å²) in [6.45, 7) is 1.86. The maximum atomic E-state index is 14.0. The fourth-order valence-electron chi connectivity index (χ4n) is 3.70. The van der Waals surface area contributed by atoms with Gasteiger partial charge < -0.3 is 9.67 Å². The Morgan fingerprint density at radius 3 is 2.17 bits per heavy atom. The fraction of sp³-hybridized carbons (Fsp3) is 0.318. The SMILES string of the molecule is CC(C)(CC(O)(Cn1ccc(=O)c2ccccc21)C(F)(F)F)c1cc(F)cc(F)c1. The highest BCUT2D eigenvalue weighted by molar-refractivity contribution is 5.78. The first kappa shape index (κ1) is 22.0. The van der Waals surface area contributed by atoms with E-state index in [1.54, 1.807) is 12.1 Å². The molecule has 3 nitrogen and oxygen atoms in total. The number of aromatic nitrogens is 1. The molecule has 1 unspecified atom stereocenters. The van der Waals surface area contributed by atoms with Crippen molar-refractivity contribution >= 4 is 10.9 Å². The zero-order valence-electron chi connectivity index (χ0n) is 16.3. The largest absolute Gasteiger partial charge is 0.418 e. The monoisotopic (exact) mass is 425 g/mol. The molecule has 3 rings (SSSR count). The molecule has 0 aliphatic rings. The number of alkyl halides is 3. The maximum absolute atomic E-state index is 14.0. The molecule has 2 aromatic carbocycles. The van der Waals surface area contributed by atoms with E-state index in [-0.39, 0.29) is 21.9 Å². The quantitative estimate of drug-likeness (QED) is 0.589. The van der Waals surface area contributed by atoms with Crippen LogP contribution in [0.15, 0.2) is 59.5 Å². The average Bonchev–Trinajstić information content (AvgIpc) is 2.62. The minimum absolute atomic E-state index is 0.00700. The second-order valence-corrected chi connectivity index (χ2v) is 8.07. The first-order chi connectivity index (χ1) is 13.8. The molecule has 0 radical (unpaired) electrons. The van der Waals surface area contributed by atoms with Gasteiger partial charge in [-0.2, -0.15) is 13.2 Å². The third-order valence-electron chi connectivity index (χ3n) is 5.22. The fourth-order valence-corrected chi connectivity index (χ4v) is 3.70. The third-order valence-corrected chi connectivity index (χ3v) is 5.22. The molecule has 0 aliphatic carbocycles. The van der Waals surface area contributed by atoms with E-state index in [0.29, 0.717) is 6.07 Å². The molecule has 0 amide bonds. The van der Waals surface area contributed by atoms with E-state index in [1.807, 2.05) is 0 Å². The van der Waals surface area contributed by atoms with Gasteiger partial charge in [-0.3, -0.25) is 4.79 Å². The molecule has 30 heavy (non-hydrogen) atoms. The van der Waals surface area contributed by atoms with Gasteiger partial charge in [-0.25, -0.2) is 8.78 Å². The van der Waals surface area contributed by atoms with Crippen LogP contribution in [0.2, 0.25) is 0 Å². The van der Waals surface area contributed by atoms with Gasteiger partial charge in [-0.15, -0.1) is 0 Å². The van der Waals surface area contributed by atoms with Gasteiger partial charge in [0.15, 0.2) is 11.0 Å². The smallest absolute Gasteiger partial charge is 0.379 e. The standard InChI is InChI=1S/C22H20F5NO2/c1-20(2,14-9-15(23)11-16(24)10-14)12-21(30,22(25,26)27)13-28-8-7-19(29)17-5-3-4-6-18(17)28/h3-11,30H,12-13H2,1-2H3. The molecule has 3 aromatic rings. The molecule has 0 bridgehead atoms. The van der Waals surface area contributed by atoms with E-state index < -0.39 is 41.8 Å². The Labute approximate surface area is 169 Å². The van der Waals surface area contributed by atoms with Gasteiger partial charge in [0.2, 0.25) is 0 Å². The van der Waals surface area contributed by atoms with Crippen LogP contribution in [0.1, 0.15) is 25.8 Å². The summed E-state index contributed by atoms with van der Waals surface area (Å²) in [5.74, 6) is -1.83. The van der Waals surface area contributed by atoms with E-state index in [1.165, 1.54) is 32.2 Å². The molecule has 0 fully saturated rings. The van der Waals surface area contributed by atoms with Crippen molar-refractivity contribution in [3.8, 4) is 0 Å². The summed E-state index contributed by atoms with van der Waals surface area (Å²) in [6.07, 6.45) is -4.70. The van der Waals surface area contributed by atoms with Gasteiger partial charge in [0.05, 0.1) is 12.1 Å². The Morgan fingerprint density at radius 2 is 1.57 bits per heavy atom. The second kappa shape index (κ2) is 7.50. The van der Waals surface area contributed by atoms with Crippen LogP contribution in [0.25, 0.3) is 10.9 Å². The topological polar surface area (TPSA) is 42.2 Å². The van der Waals surface area contributed by atoms with Crippen molar-refractivity contribution in [2.45, 2.75) is 44.0 Å². The van der Waals surface area contributed by atoms with Crippen LogP contribution in [0, 0.1) is 11.6 Å². The van der Waals surface area contributed by atoms with Crippen molar-refractivity contribution in [2.75, 3.05) is 0 Å². The number of fused-ring (bicyclic) bond motifs is 1. The molecular formula is C22H20F5NO2. The maximum Gasteiger partial charge on any atom is 0.418 e. The minimum Gasteiger partial charge on any atom is -0.379 e. The van der Waals surface area contributed by atoms with E-state index in [9.17, 15) is 31.9 Å². The summed E-state index contributed by atoms with van der Waals surface area (Å²) in [5.41, 5.74) is -4.76. The lowest BCUT2D eigenvalue weighted by Crippen LogP contribution is -2.52. The molecule has 0 saturated carbocycles. The van der Waals surface area contributed by atoms with Crippen LogP contribution >= 0.6 is 0 Å². The molecule has 0 aliphatic heterocycles. The Balaban J connectivity index is 2.06. The number of para-hydroxylation sites is 1. The predicted molar refractivity (Wildman–Crippen MR) is 103 cm³/mol. The van der Waals surface area contributed by atoms with Crippen molar-refractivity contribution in [3.63, 3.8) is 0 Å². The first-order valence-corrected chi connectivity index (χ1v) is 9.16. The summed E-state index contributed by atoms with van der Waals surface area (Å²) in [6, 6.07) is 9.80. The number of benzene rings is 2. The summed E-state index contributed by atoms with van der Waals surface area (Å²) in [5, 5.41) is 11.0. The van der Waals surface area contributed by atoms with Crippen LogP contribution in [-0.2, 0) is 12.0 Å². The highest BCUT2D eigenvalue weighted by Gasteiger charge is 2.56. The Hall–Kier alpha value is -2.74. The summed E-state index contributed by atoms with van der Waals surface area (Å²) < 4.78 is 70.4. The minimum atomic E-state index is -5.04. The molecule has 8 heteroatoms. The summed E-state index contributed by atoms with van der Waals surface area (Å²) >= 11 is 0. The summed E-state index contributed by atoms with van der Waals surface area (Å²) in [7, 11) is 0. The first-order valence-electron chi connectivity index (χ1n) is 9.16. The van der Waals surface area contributed by atoms with Gasteiger partial charge in [-0.05, 0) is 41.7 Å². The van der Waals surface area contributed by atoms with Gasteiger partial charge in [0, 0.05) is 23.7 Å². The molecule has 160 valence electrons. The van der Waals surface area contributed by atoms with Gasteiger partial charge >= 0.3 is 6.18 Å². The normalized spacial score (nSPS) is 14.7. The van der Waals surface area contributed by atoms with Crippen molar-refractivity contribution in [2.24, 2.45) is 0 Å². The second-order valence-electron chi connectivity index (χ2n) is 8.07. The number of rotatable bonds is 5. The van der Waals surface area contributed by atoms with Crippen LogP contribution in [-0.4, -0.2) is 21.5 Å². The number of pyridine rings is 1. The number of hydrogen-bond donors (Lipinski definition) is 1. The van der Waals surface area contributed by atoms with E-state index in [0.717, 1.165) is 22.8 Å².